The van der Waals surface area contributed by atoms with Gasteiger partial charge in [-0.15, -0.1) is 0 Å². The number of nitrogens with one attached hydrogen (secondary N) is 1. The smallest absolute Gasteiger partial charge is 0.312 e. The van der Waals surface area contributed by atoms with Crippen LogP contribution in [0.1, 0.15) is 16.7 Å². The van der Waals surface area contributed by atoms with Gasteiger partial charge < -0.3 is 11.1 Å². The topological polar surface area (TPSA) is 55.1 Å². The molecule has 0 aliphatic carbocycles. The molecule has 3 N–H and O–H groups in total. The first-order chi connectivity index (χ1) is 6.61. The number of hydrogen-bond donors (Lipinski definition) is 2. The molecule has 3 nitrogen and oxygen atoms in total. The third kappa shape index (κ3) is 2.76. The number of aryl methyl sites for hydroxylation is 1. The fraction of sp³-hybridized carbons (Fsp3) is 0.364. The largest absolute Gasteiger partial charge is 0.352 e. The first kappa shape index (κ1) is 10.6. The number of hydrogen-bond acceptors (Lipinski definition) is 1. The van der Waals surface area contributed by atoms with E-state index in [0.29, 0.717) is 6.54 Å². The molecule has 0 fully saturated rings. The third-order valence-electron chi connectivity index (χ3n) is 2.41. The van der Waals surface area contributed by atoms with Crippen LogP contribution in [0.15, 0.2) is 18.2 Å². The summed E-state index contributed by atoms with van der Waals surface area (Å²) in [6.07, 6.45) is 0.830. The lowest BCUT2D eigenvalue weighted by Gasteiger charge is -2.08. The molecule has 0 unspecified atom stereocenters. The maximum atomic E-state index is 10.5. The molecule has 14 heavy (non-hydrogen) atoms. The Hall–Kier alpha value is -1.51. The van der Waals surface area contributed by atoms with Gasteiger partial charge in [0, 0.05) is 6.54 Å². The minimum absolute atomic E-state index is 0.463. The van der Waals surface area contributed by atoms with Gasteiger partial charge >= 0.3 is 6.03 Å². The molecule has 0 aliphatic heterocycles. The normalized spacial score (nSPS) is 9.86. The highest BCUT2D eigenvalue weighted by Crippen LogP contribution is 2.12. The second kappa shape index (κ2) is 4.65. The van der Waals surface area contributed by atoms with E-state index in [1.54, 1.807) is 0 Å². The molecule has 1 aromatic carbocycles. The molecule has 3 heteroatoms. The molecular weight excluding hydrogens is 176 g/mol. The van der Waals surface area contributed by atoms with Crippen LogP contribution >= 0.6 is 0 Å². The summed E-state index contributed by atoms with van der Waals surface area (Å²) in [6, 6.07) is 5.73. The van der Waals surface area contributed by atoms with Gasteiger partial charge in [-0.25, -0.2) is 4.79 Å². The van der Waals surface area contributed by atoms with Gasteiger partial charge in [0.2, 0.25) is 0 Å². The Balaban J connectivity index is 2.59. The van der Waals surface area contributed by atoms with Crippen molar-refractivity contribution in [2.24, 2.45) is 5.73 Å². The quantitative estimate of drug-likeness (QED) is 0.749. The predicted molar refractivity (Wildman–Crippen MR) is 57.2 cm³/mol. The lowest BCUT2D eigenvalue weighted by atomic mass is 10.0. The zero-order chi connectivity index (χ0) is 10.6. The van der Waals surface area contributed by atoms with Crippen LogP contribution in [0.25, 0.3) is 0 Å². The summed E-state index contributed by atoms with van der Waals surface area (Å²) >= 11 is 0. The van der Waals surface area contributed by atoms with Gasteiger partial charge in [0.1, 0.15) is 0 Å². The average molecular weight is 192 g/mol. The summed E-state index contributed by atoms with van der Waals surface area (Å²) < 4.78 is 0. The molecule has 1 rings (SSSR count). The third-order valence-corrected chi connectivity index (χ3v) is 2.41. The fourth-order valence-electron chi connectivity index (χ4n) is 1.40. The van der Waals surface area contributed by atoms with E-state index in [0.717, 1.165) is 6.42 Å². The Morgan fingerprint density at radius 3 is 2.79 bits per heavy atom. The Kier molecular flexibility index (Phi) is 3.51. The zero-order valence-corrected chi connectivity index (χ0v) is 8.63. The molecule has 76 valence electrons. The van der Waals surface area contributed by atoms with Crippen molar-refractivity contribution in [1.82, 2.24) is 5.32 Å². The lowest BCUT2D eigenvalue weighted by Crippen LogP contribution is -2.31. The number of carbonyl (C=O) groups excluding carboxylic acids is 1. The molecule has 0 saturated carbocycles. The number of benzene rings is 1. The van der Waals surface area contributed by atoms with Gasteiger partial charge in [-0.05, 0) is 37.0 Å². The highest BCUT2D eigenvalue weighted by atomic mass is 16.2. The van der Waals surface area contributed by atoms with Crippen molar-refractivity contribution in [1.29, 1.82) is 0 Å². The number of urea groups is 1. The highest BCUT2D eigenvalue weighted by Gasteiger charge is 2.00. The number of rotatable bonds is 3. The zero-order valence-electron chi connectivity index (χ0n) is 8.63. The fourth-order valence-corrected chi connectivity index (χ4v) is 1.40. The molecule has 0 heterocycles. The summed E-state index contributed by atoms with van der Waals surface area (Å²) in [5.74, 6) is 0. The summed E-state index contributed by atoms with van der Waals surface area (Å²) in [4.78, 5) is 10.5. The van der Waals surface area contributed by atoms with Crippen molar-refractivity contribution in [2.75, 3.05) is 6.54 Å². The molecule has 0 aliphatic rings. The standard InChI is InChI=1S/C11H16N2O/c1-8-4-3-5-10(9(8)2)6-7-13-11(12)14/h3-5H,6-7H2,1-2H3,(H3,12,13,14). The maximum absolute atomic E-state index is 10.5. The van der Waals surface area contributed by atoms with Crippen LogP contribution in [0.2, 0.25) is 0 Å². The molecule has 0 saturated heterocycles. The van der Waals surface area contributed by atoms with Crippen LogP contribution in [0, 0.1) is 13.8 Å². The Labute approximate surface area is 84.3 Å². The maximum Gasteiger partial charge on any atom is 0.312 e. The molecular formula is C11H16N2O. The predicted octanol–water partition coefficient (Wildman–Crippen LogP) is 1.51. The van der Waals surface area contributed by atoms with Gasteiger partial charge in [-0.2, -0.15) is 0 Å². The monoisotopic (exact) mass is 192 g/mol. The van der Waals surface area contributed by atoms with E-state index in [-0.39, 0.29) is 0 Å². The van der Waals surface area contributed by atoms with E-state index < -0.39 is 6.03 Å². The van der Waals surface area contributed by atoms with Crippen LogP contribution in [0.5, 0.6) is 0 Å². The summed E-state index contributed by atoms with van der Waals surface area (Å²) in [7, 11) is 0. The Morgan fingerprint density at radius 2 is 2.14 bits per heavy atom. The van der Waals surface area contributed by atoms with E-state index in [2.05, 4.69) is 31.3 Å². The molecule has 0 radical (unpaired) electrons. The second-order valence-electron chi connectivity index (χ2n) is 3.40. The SMILES string of the molecule is Cc1cccc(CCNC(N)=O)c1C. The number of nitrogens with two attached hydrogens (primary N) is 1. The molecule has 1 aromatic rings. The van der Waals surface area contributed by atoms with E-state index in [1.807, 2.05) is 6.07 Å². The molecule has 0 spiro atoms. The van der Waals surface area contributed by atoms with E-state index >= 15 is 0 Å². The first-order valence-electron chi connectivity index (χ1n) is 4.69. The van der Waals surface area contributed by atoms with Crippen molar-refractivity contribution in [3.63, 3.8) is 0 Å². The van der Waals surface area contributed by atoms with Crippen molar-refractivity contribution in [3.05, 3.63) is 34.9 Å². The molecule has 0 atom stereocenters. The summed E-state index contributed by atoms with van der Waals surface area (Å²) in [5.41, 5.74) is 8.81. The molecule has 2 amide bonds. The minimum atomic E-state index is -0.463. The van der Waals surface area contributed by atoms with Crippen LogP contribution < -0.4 is 11.1 Å². The van der Waals surface area contributed by atoms with Crippen LogP contribution in [0.3, 0.4) is 0 Å². The summed E-state index contributed by atoms with van der Waals surface area (Å²) in [6.45, 7) is 4.77. The van der Waals surface area contributed by atoms with Crippen LogP contribution in [0.4, 0.5) is 4.79 Å². The molecule has 0 bridgehead atoms. The van der Waals surface area contributed by atoms with Gasteiger partial charge in [0.15, 0.2) is 0 Å². The van der Waals surface area contributed by atoms with E-state index in [9.17, 15) is 4.79 Å². The number of amides is 2. The summed E-state index contributed by atoms with van der Waals surface area (Å²) in [5, 5.41) is 2.58. The number of primary amides is 1. The Morgan fingerprint density at radius 1 is 1.43 bits per heavy atom. The van der Waals surface area contributed by atoms with Crippen molar-refractivity contribution >= 4 is 6.03 Å². The lowest BCUT2D eigenvalue weighted by molar-refractivity contribution is 0.249. The average Bonchev–Trinajstić information content (AvgIpc) is 2.12. The molecule has 0 aromatic heterocycles. The number of carbonyl (C=O) groups is 1. The second-order valence-corrected chi connectivity index (χ2v) is 3.40. The van der Waals surface area contributed by atoms with Gasteiger partial charge in [-0.1, -0.05) is 18.2 Å². The van der Waals surface area contributed by atoms with Gasteiger partial charge in [0.05, 0.1) is 0 Å². The van der Waals surface area contributed by atoms with E-state index in [4.69, 9.17) is 5.73 Å². The van der Waals surface area contributed by atoms with Gasteiger partial charge in [-0.3, -0.25) is 0 Å². The van der Waals surface area contributed by atoms with Crippen LogP contribution in [-0.2, 0) is 6.42 Å². The van der Waals surface area contributed by atoms with E-state index in [1.165, 1.54) is 16.7 Å². The first-order valence-corrected chi connectivity index (χ1v) is 4.69. The minimum Gasteiger partial charge on any atom is -0.352 e. The highest BCUT2D eigenvalue weighted by molar-refractivity contribution is 5.71. The van der Waals surface area contributed by atoms with Crippen molar-refractivity contribution < 1.29 is 4.79 Å². The van der Waals surface area contributed by atoms with Crippen LogP contribution in [-0.4, -0.2) is 12.6 Å². The van der Waals surface area contributed by atoms with Crippen molar-refractivity contribution in [2.45, 2.75) is 20.3 Å². The Bertz CT molecular complexity index is 334. The van der Waals surface area contributed by atoms with Gasteiger partial charge in [0.25, 0.3) is 0 Å². The van der Waals surface area contributed by atoms with Crippen molar-refractivity contribution in [3.8, 4) is 0 Å².